The van der Waals surface area contributed by atoms with Crippen molar-refractivity contribution in [3.05, 3.63) is 59.1 Å². The summed E-state index contributed by atoms with van der Waals surface area (Å²) in [5.74, 6) is -0.117. The highest BCUT2D eigenvalue weighted by atomic mass is 32.2. The van der Waals surface area contributed by atoms with E-state index >= 15 is 0 Å². The summed E-state index contributed by atoms with van der Waals surface area (Å²) in [6.45, 7) is 4.35. The van der Waals surface area contributed by atoms with E-state index in [0.29, 0.717) is 34.7 Å². The Kier molecular flexibility index (Phi) is 5.68. The van der Waals surface area contributed by atoms with Crippen molar-refractivity contribution in [3.63, 3.8) is 0 Å². The van der Waals surface area contributed by atoms with Crippen molar-refractivity contribution in [1.29, 1.82) is 0 Å². The summed E-state index contributed by atoms with van der Waals surface area (Å²) >= 11 is 1.32. The first-order chi connectivity index (χ1) is 12.6. The van der Waals surface area contributed by atoms with E-state index in [4.69, 9.17) is 0 Å². The van der Waals surface area contributed by atoms with Crippen LogP contribution in [-0.2, 0) is 11.3 Å². The Labute approximate surface area is 155 Å². The molecule has 0 bridgehead atoms. The fraction of sp³-hybridized carbons (Fsp3) is 0.263. The Morgan fingerprint density at radius 2 is 1.92 bits per heavy atom. The Balaban J connectivity index is 1.90. The van der Waals surface area contributed by atoms with Crippen LogP contribution in [0, 0.1) is 0 Å². The second-order valence-corrected chi connectivity index (χ2v) is 6.87. The maximum Gasteiger partial charge on any atom is 0.262 e. The van der Waals surface area contributed by atoms with Crippen molar-refractivity contribution >= 4 is 34.3 Å². The summed E-state index contributed by atoms with van der Waals surface area (Å²) in [5, 5.41) is 3.69. The molecular weight excluding hydrogens is 348 g/mol. The van der Waals surface area contributed by atoms with Gasteiger partial charge in [0.05, 0.1) is 16.2 Å². The van der Waals surface area contributed by atoms with Gasteiger partial charge in [-0.25, -0.2) is 4.98 Å². The van der Waals surface area contributed by atoms with E-state index in [2.05, 4.69) is 15.3 Å². The number of pyridine rings is 1. The fourth-order valence-corrected chi connectivity index (χ4v) is 3.70. The maximum absolute atomic E-state index is 12.7. The molecule has 7 heteroatoms. The van der Waals surface area contributed by atoms with Gasteiger partial charge in [-0.2, -0.15) is 0 Å². The van der Waals surface area contributed by atoms with E-state index in [0.717, 1.165) is 0 Å². The molecule has 134 valence electrons. The highest BCUT2D eigenvalue weighted by Crippen LogP contribution is 2.25. The first kappa shape index (κ1) is 18.1. The van der Waals surface area contributed by atoms with Crippen molar-refractivity contribution in [2.24, 2.45) is 0 Å². The lowest BCUT2D eigenvalue weighted by atomic mass is 10.2. The number of hydrogen-bond donors (Lipinski definition) is 1. The van der Waals surface area contributed by atoms with Gasteiger partial charge in [0, 0.05) is 24.6 Å². The predicted octanol–water partition coefficient (Wildman–Crippen LogP) is 3.32. The molecule has 1 amide bonds. The molecule has 0 fully saturated rings. The SMILES string of the molecule is CCC(Sc1nc2ccccc2c(=O)n1CC)C(=O)Nc1ccncc1. The average Bonchev–Trinajstić information content (AvgIpc) is 2.67. The zero-order valence-corrected chi connectivity index (χ0v) is 15.5. The number of para-hydroxylation sites is 1. The number of carbonyl (C=O) groups is 1. The van der Waals surface area contributed by atoms with E-state index < -0.39 is 0 Å². The fourth-order valence-electron chi connectivity index (χ4n) is 2.62. The van der Waals surface area contributed by atoms with Crippen LogP contribution < -0.4 is 10.9 Å². The molecule has 0 aliphatic rings. The summed E-state index contributed by atoms with van der Waals surface area (Å²) in [7, 11) is 0. The Morgan fingerprint density at radius 1 is 1.19 bits per heavy atom. The molecular formula is C19H20N4O2S. The molecule has 1 unspecified atom stereocenters. The normalized spacial score (nSPS) is 12.1. The lowest BCUT2D eigenvalue weighted by molar-refractivity contribution is -0.115. The predicted molar refractivity (Wildman–Crippen MR) is 104 cm³/mol. The van der Waals surface area contributed by atoms with Crippen molar-refractivity contribution in [2.45, 2.75) is 37.2 Å². The van der Waals surface area contributed by atoms with Gasteiger partial charge in [-0.3, -0.25) is 19.1 Å². The van der Waals surface area contributed by atoms with Crippen LogP contribution in [0.3, 0.4) is 0 Å². The van der Waals surface area contributed by atoms with Crippen LogP contribution in [-0.4, -0.2) is 25.7 Å². The Bertz CT molecular complexity index is 972. The molecule has 3 aromatic rings. The van der Waals surface area contributed by atoms with Crippen LogP contribution in [0.15, 0.2) is 58.7 Å². The largest absolute Gasteiger partial charge is 0.325 e. The minimum absolute atomic E-state index is 0.0787. The average molecular weight is 368 g/mol. The van der Waals surface area contributed by atoms with E-state index in [1.165, 1.54) is 11.8 Å². The molecule has 26 heavy (non-hydrogen) atoms. The molecule has 0 spiro atoms. The van der Waals surface area contributed by atoms with E-state index in [9.17, 15) is 9.59 Å². The third kappa shape index (κ3) is 3.77. The van der Waals surface area contributed by atoms with Crippen LogP contribution in [0.25, 0.3) is 10.9 Å². The number of rotatable bonds is 6. The summed E-state index contributed by atoms with van der Waals surface area (Å²) in [6, 6.07) is 10.8. The summed E-state index contributed by atoms with van der Waals surface area (Å²) in [5.41, 5.74) is 1.27. The number of nitrogens with zero attached hydrogens (tertiary/aromatic N) is 3. The van der Waals surface area contributed by atoms with Crippen LogP contribution in [0.1, 0.15) is 20.3 Å². The minimum Gasteiger partial charge on any atom is -0.325 e. The molecule has 1 atom stereocenters. The zero-order valence-electron chi connectivity index (χ0n) is 14.7. The lowest BCUT2D eigenvalue weighted by Gasteiger charge is -2.17. The third-order valence-electron chi connectivity index (χ3n) is 4.00. The van der Waals surface area contributed by atoms with Gasteiger partial charge in [0.25, 0.3) is 5.56 Å². The number of thioether (sulfide) groups is 1. The first-order valence-corrected chi connectivity index (χ1v) is 9.39. The summed E-state index contributed by atoms with van der Waals surface area (Å²) < 4.78 is 1.62. The first-order valence-electron chi connectivity index (χ1n) is 8.51. The van der Waals surface area contributed by atoms with Crippen LogP contribution in [0.4, 0.5) is 5.69 Å². The van der Waals surface area contributed by atoms with Crippen molar-refractivity contribution in [2.75, 3.05) is 5.32 Å². The number of benzene rings is 1. The lowest BCUT2D eigenvalue weighted by Crippen LogP contribution is -2.28. The molecule has 0 saturated heterocycles. The van der Waals surface area contributed by atoms with Gasteiger partial charge in [0.2, 0.25) is 5.91 Å². The topological polar surface area (TPSA) is 76.9 Å². The van der Waals surface area contributed by atoms with Crippen LogP contribution >= 0.6 is 11.8 Å². The molecule has 3 rings (SSSR count). The highest BCUT2D eigenvalue weighted by Gasteiger charge is 2.21. The third-order valence-corrected chi connectivity index (χ3v) is 5.36. The summed E-state index contributed by atoms with van der Waals surface area (Å²) in [6.07, 6.45) is 3.88. The quantitative estimate of drug-likeness (QED) is 0.533. The zero-order chi connectivity index (χ0) is 18.5. The number of fused-ring (bicyclic) bond motifs is 1. The molecule has 0 saturated carbocycles. The summed E-state index contributed by atoms with van der Waals surface area (Å²) in [4.78, 5) is 33.9. The van der Waals surface area contributed by atoms with Gasteiger partial charge in [-0.05, 0) is 37.6 Å². The van der Waals surface area contributed by atoms with Gasteiger partial charge in [-0.15, -0.1) is 0 Å². The van der Waals surface area contributed by atoms with Crippen LogP contribution in [0.2, 0.25) is 0 Å². The number of anilines is 1. The molecule has 0 radical (unpaired) electrons. The minimum atomic E-state index is -0.353. The van der Waals surface area contributed by atoms with Gasteiger partial charge < -0.3 is 5.32 Å². The van der Waals surface area contributed by atoms with Gasteiger partial charge in [0.1, 0.15) is 0 Å². The molecule has 1 aromatic carbocycles. The Hall–Kier alpha value is -2.67. The number of nitrogens with one attached hydrogen (secondary N) is 1. The van der Waals surface area contributed by atoms with Crippen molar-refractivity contribution in [3.8, 4) is 0 Å². The smallest absolute Gasteiger partial charge is 0.262 e. The molecule has 0 aliphatic heterocycles. The van der Waals surface area contributed by atoms with Crippen LogP contribution in [0.5, 0.6) is 0 Å². The Morgan fingerprint density at radius 3 is 2.62 bits per heavy atom. The second-order valence-electron chi connectivity index (χ2n) is 5.70. The standard InChI is InChI=1S/C19H20N4O2S/c1-3-16(17(24)21-13-9-11-20-12-10-13)26-19-22-15-8-6-5-7-14(15)18(25)23(19)4-2/h5-12,16H,3-4H2,1-2H3,(H,20,21,24). The monoisotopic (exact) mass is 368 g/mol. The molecule has 2 aromatic heterocycles. The molecule has 0 aliphatic carbocycles. The van der Waals surface area contributed by atoms with Crippen molar-refractivity contribution < 1.29 is 4.79 Å². The maximum atomic E-state index is 12.7. The molecule has 6 nitrogen and oxygen atoms in total. The second kappa shape index (κ2) is 8.14. The van der Waals surface area contributed by atoms with Gasteiger partial charge >= 0.3 is 0 Å². The number of amides is 1. The van der Waals surface area contributed by atoms with Crippen molar-refractivity contribution in [1.82, 2.24) is 14.5 Å². The molecule has 2 heterocycles. The van der Waals surface area contributed by atoms with Gasteiger partial charge in [-0.1, -0.05) is 30.8 Å². The number of aromatic nitrogens is 3. The van der Waals surface area contributed by atoms with E-state index in [1.54, 1.807) is 35.2 Å². The number of carbonyl (C=O) groups excluding carboxylic acids is 1. The van der Waals surface area contributed by atoms with E-state index in [1.807, 2.05) is 32.0 Å². The van der Waals surface area contributed by atoms with E-state index in [-0.39, 0.29) is 16.7 Å². The number of hydrogen-bond acceptors (Lipinski definition) is 5. The highest BCUT2D eigenvalue weighted by molar-refractivity contribution is 8.00. The molecule has 1 N–H and O–H groups in total. The van der Waals surface area contributed by atoms with Gasteiger partial charge in [0.15, 0.2) is 5.16 Å².